The van der Waals surface area contributed by atoms with Crippen LogP contribution in [-0.2, 0) is 15.1 Å². The second-order valence-electron chi connectivity index (χ2n) is 6.18. The van der Waals surface area contributed by atoms with Crippen LogP contribution in [-0.4, -0.2) is 26.4 Å². The van der Waals surface area contributed by atoms with E-state index >= 15 is 0 Å². The first-order valence-electron chi connectivity index (χ1n) is 8.31. The molecular formula is C21H22O2Te. The molecule has 0 aliphatic heterocycles. The van der Waals surface area contributed by atoms with Gasteiger partial charge in [-0.3, -0.25) is 0 Å². The van der Waals surface area contributed by atoms with Gasteiger partial charge in [0.25, 0.3) is 0 Å². The first kappa shape index (κ1) is 17.3. The molecule has 1 heterocycles. The number of ether oxygens (including phenoxy) is 1. The molecule has 124 valence electrons. The van der Waals surface area contributed by atoms with Crippen molar-refractivity contribution in [1.29, 1.82) is 0 Å². The van der Waals surface area contributed by atoms with Gasteiger partial charge in [-0.15, -0.1) is 0 Å². The second kappa shape index (κ2) is 6.75. The van der Waals surface area contributed by atoms with Gasteiger partial charge < -0.3 is 0 Å². The zero-order valence-corrected chi connectivity index (χ0v) is 16.7. The molecule has 0 fully saturated rings. The molecule has 0 spiro atoms. The van der Waals surface area contributed by atoms with E-state index in [9.17, 15) is 4.79 Å². The molecule has 0 atom stereocenters. The summed E-state index contributed by atoms with van der Waals surface area (Å²) in [4.78, 5) is 12.1. The molecule has 0 aliphatic carbocycles. The van der Waals surface area contributed by atoms with Crippen LogP contribution in [0.15, 0.2) is 54.6 Å². The number of rotatable bonds is 5. The van der Waals surface area contributed by atoms with Crippen LogP contribution in [0.25, 0.3) is 17.6 Å². The van der Waals surface area contributed by atoms with E-state index in [1.807, 2.05) is 0 Å². The molecule has 0 unspecified atom stereocenters. The SMILES string of the molecule is C=C(C)C(=O)OC(CC)(CC)c1ccc2c(c1)[te]c1ccccc12. The van der Waals surface area contributed by atoms with Gasteiger partial charge in [-0.1, -0.05) is 0 Å². The van der Waals surface area contributed by atoms with Crippen molar-refractivity contribution < 1.29 is 9.53 Å². The van der Waals surface area contributed by atoms with Gasteiger partial charge in [-0.25, -0.2) is 0 Å². The molecular weight excluding hydrogens is 412 g/mol. The standard InChI is InChI=1S/C21H22O2Te/c1-5-21(6-2,23-20(22)14(3)4)15-11-12-17-16-9-7-8-10-18(16)24-19(17)13-15/h7-13H,3,5-6H2,1-2,4H3. The first-order chi connectivity index (χ1) is 11.5. The number of carbonyl (C=O) groups is 1. The molecule has 24 heavy (non-hydrogen) atoms. The fourth-order valence-corrected chi connectivity index (χ4v) is 6.40. The molecule has 3 heteroatoms. The molecule has 2 nitrogen and oxygen atoms in total. The third-order valence-corrected chi connectivity index (χ3v) is 7.92. The van der Waals surface area contributed by atoms with E-state index in [1.165, 1.54) is 17.6 Å². The van der Waals surface area contributed by atoms with Crippen LogP contribution >= 0.6 is 0 Å². The van der Waals surface area contributed by atoms with Gasteiger partial charge >= 0.3 is 153 Å². The Bertz CT molecular complexity index is 916. The van der Waals surface area contributed by atoms with Crippen molar-refractivity contribution >= 4 is 44.0 Å². The van der Waals surface area contributed by atoms with E-state index in [-0.39, 0.29) is 26.4 Å². The van der Waals surface area contributed by atoms with E-state index in [2.05, 4.69) is 62.9 Å². The molecule has 0 amide bonds. The molecule has 3 rings (SSSR count). The van der Waals surface area contributed by atoms with E-state index in [0.29, 0.717) is 5.57 Å². The third-order valence-electron chi connectivity index (χ3n) is 4.68. The fourth-order valence-electron chi connectivity index (χ4n) is 3.14. The third kappa shape index (κ3) is 2.92. The number of carbonyl (C=O) groups excluding carboxylic acids is 1. The first-order valence-corrected chi connectivity index (χ1v) is 10.6. The summed E-state index contributed by atoms with van der Waals surface area (Å²) in [6.07, 6.45) is 1.52. The van der Waals surface area contributed by atoms with Gasteiger partial charge in [0.2, 0.25) is 0 Å². The van der Waals surface area contributed by atoms with Crippen molar-refractivity contribution in [2.75, 3.05) is 0 Å². The van der Waals surface area contributed by atoms with Crippen molar-refractivity contribution in [1.82, 2.24) is 0 Å². The van der Waals surface area contributed by atoms with Crippen molar-refractivity contribution in [3.63, 3.8) is 0 Å². The zero-order valence-electron chi connectivity index (χ0n) is 14.4. The summed E-state index contributed by atoms with van der Waals surface area (Å²) in [6.45, 7) is 9.57. The Morgan fingerprint density at radius 3 is 2.42 bits per heavy atom. The van der Waals surface area contributed by atoms with Crippen LogP contribution in [0.4, 0.5) is 0 Å². The minimum atomic E-state index is -0.563. The number of fused-ring (bicyclic) bond motifs is 3. The van der Waals surface area contributed by atoms with Crippen molar-refractivity contribution in [3.05, 3.63) is 60.2 Å². The number of hydrogen-bond acceptors (Lipinski definition) is 2. The van der Waals surface area contributed by atoms with Crippen LogP contribution in [0.3, 0.4) is 0 Å². The van der Waals surface area contributed by atoms with Crippen molar-refractivity contribution in [2.24, 2.45) is 0 Å². The Morgan fingerprint density at radius 1 is 1.08 bits per heavy atom. The molecule has 0 radical (unpaired) electrons. The number of hydrogen-bond donors (Lipinski definition) is 0. The van der Waals surface area contributed by atoms with E-state index < -0.39 is 5.60 Å². The fraction of sp³-hybridized carbons (Fsp3) is 0.286. The van der Waals surface area contributed by atoms with Gasteiger partial charge in [-0.05, 0) is 0 Å². The Hall–Kier alpha value is -1.56. The van der Waals surface area contributed by atoms with E-state index in [4.69, 9.17) is 4.74 Å². The average Bonchev–Trinajstić information content (AvgIpc) is 2.97. The van der Waals surface area contributed by atoms with Gasteiger partial charge in [0.05, 0.1) is 0 Å². The van der Waals surface area contributed by atoms with Gasteiger partial charge in [0.15, 0.2) is 0 Å². The predicted octanol–water partition coefficient (Wildman–Crippen LogP) is 5.18. The number of benzene rings is 2. The summed E-state index contributed by atoms with van der Waals surface area (Å²) in [5, 5.41) is 2.73. The molecule has 0 aliphatic rings. The van der Waals surface area contributed by atoms with Crippen molar-refractivity contribution in [2.45, 2.75) is 39.2 Å². The summed E-state index contributed by atoms with van der Waals surface area (Å²) in [5.74, 6) is -0.307. The van der Waals surface area contributed by atoms with Crippen molar-refractivity contribution in [3.8, 4) is 0 Å². The van der Waals surface area contributed by atoms with Crippen LogP contribution in [0.1, 0.15) is 39.2 Å². The average molecular weight is 434 g/mol. The van der Waals surface area contributed by atoms with Crippen LogP contribution < -0.4 is 0 Å². The van der Waals surface area contributed by atoms with E-state index in [1.54, 1.807) is 6.92 Å². The topological polar surface area (TPSA) is 26.3 Å². The van der Waals surface area contributed by atoms with Crippen LogP contribution in [0.5, 0.6) is 0 Å². The Balaban J connectivity index is 2.12. The molecule has 1 aromatic heterocycles. The van der Waals surface area contributed by atoms with Gasteiger partial charge in [-0.2, -0.15) is 0 Å². The summed E-state index contributed by atoms with van der Waals surface area (Å²) >= 11 is -0.366. The summed E-state index contributed by atoms with van der Waals surface area (Å²) in [7, 11) is 0. The predicted molar refractivity (Wildman–Crippen MR) is 102 cm³/mol. The quantitative estimate of drug-likeness (QED) is 0.314. The minimum absolute atomic E-state index is 0.307. The maximum absolute atomic E-state index is 12.1. The molecule has 0 saturated heterocycles. The summed E-state index contributed by atoms with van der Waals surface area (Å²) in [5.41, 5.74) is 0.995. The molecule has 2 aromatic carbocycles. The molecule has 3 aromatic rings. The Labute approximate surface area is 152 Å². The summed E-state index contributed by atoms with van der Waals surface area (Å²) < 4.78 is 8.83. The monoisotopic (exact) mass is 436 g/mol. The Kier molecular flexibility index (Phi) is 4.85. The van der Waals surface area contributed by atoms with Gasteiger partial charge in [0.1, 0.15) is 0 Å². The number of esters is 1. The molecule has 0 saturated carbocycles. The molecule has 0 bridgehead atoms. The second-order valence-corrected chi connectivity index (χ2v) is 9.27. The van der Waals surface area contributed by atoms with Gasteiger partial charge in [0, 0.05) is 0 Å². The van der Waals surface area contributed by atoms with Crippen LogP contribution in [0.2, 0.25) is 0 Å². The van der Waals surface area contributed by atoms with E-state index in [0.717, 1.165) is 18.4 Å². The normalized spacial score (nSPS) is 11.8. The van der Waals surface area contributed by atoms with Crippen LogP contribution in [0, 0.1) is 0 Å². The maximum atomic E-state index is 12.1. The Morgan fingerprint density at radius 2 is 1.75 bits per heavy atom. The summed E-state index contributed by atoms with van der Waals surface area (Å²) in [6, 6.07) is 15.3. The zero-order chi connectivity index (χ0) is 17.3. The molecule has 0 N–H and O–H groups in total.